The number of carbonyl (C=O) groups excluding carboxylic acids is 2. The summed E-state index contributed by atoms with van der Waals surface area (Å²) >= 11 is 0. The molecule has 10 heteroatoms. The number of carbonyl (C=O) groups is 2. The highest BCUT2D eigenvalue weighted by Crippen LogP contribution is 2.14. The highest BCUT2D eigenvalue weighted by Gasteiger charge is 2.14. The van der Waals surface area contributed by atoms with Crippen molar-refractivity contribution in [3.05, 3.63) is 0 Å². The van der Waals surface area contributed by atoms with Crippen LogP contribution in [0.5, 0.6) is 0 Å². The molecule has 0 N–H and O–H groups in total. The molecule has 0 aromatic carbocycles. The van der Waals surface area contributed by atoms with E-state index in [1.54, 1.807) is 0 Å². The van der Waals surface area contributed by atoms with E-state index in [1.807, 2.05) is 6.92 Å². The second-order valence-corrected chi connectivity index (χ2v) is 13.4. The summed E-state index contributed by atoms with van der Waals surface area (Å²) in [6.07, 6.45) is 19.3. The Morgan fingerprint density at radius 1 is 0.412 bits per heavy atom. The van der Waals surface area contributed by atoms with Crippen molar-refractivity contribution in [1.82, 2.24) is 0 Å². The first-order valence-corrected chi connectivity index (χ1v) is 20.9. The van der Waals surface area contributed by atoms with Gasteiger partial charge in [-0.25, -0.2) is 0 Å². The van der Waals surface area contributed by atoms with Crippen LogP contribution in [0.1, 0.15) is 163 Å². The van der Waals surface area contributed by atoms with Gasteiger partial charge in [0.2, 0.25) is 0 Å². The molecule has 51 heavy (non-hydrogen) atoms. The van der Waals surface area contributed by atoms with E-state index < -0.39 is 0 Å². The Morgan fingerprint density at radius 2 is 0.824 bits per heavy atom. The summed E-state index contributed by atoms with van der Waals surface area (Å²) in [5, 5.41) is 0. The summed E-state index contributed by atoms with van der Waals surface area (Å²) in [5.74, 6) is -0.107. The van der Waals surface area contributed by atoms with Crippen molar-refractivity contribution in [2.45, 2.75) is 181 Å². The molecule has 3 unspecified atom stereocenters. The first-order chi connectivity index (χ1) is 25.0. The smallest absolute Gasteiger partial charge is 0.306 e. The van der Waals surface area contributed by atoms with Gasteiger partial charge in [0.25, 0.3) is 0 Å². The molecule has 3 atom stereocenters. The number of unbranched alkanes of at least 4 members (excludes halogenated alkanes) is 10. The Morgan fingerprint density at radius 3 is 1.29 bits per heavy atom. The zero-order valence-corrected chi connectivity index (χ0v) is 33.7. The zero-order valence-electron chi connectivity index (χ0n) is 33.7. The summed E-state index contributed by atoms with van der Waals surface area (Å²) in [5.41, 5.74) is 0. The van der Waals surface area contributed by atoms with Crippen LogP contribution in [0, 0.1) is 0 Å². The molecular formula is C41H80O10. The number of esters is 2. The van der Waals surface area contributed by atoms with Crippen molar-refractivity contribution in [2.75, 3.05) is 72.7 Å². The molecule has 0 rings (SSSR count). The largest absolute Gasteiger partial charge is 0.462 e. The second kappa shape index (κ2) is 39.9. The predicted molar refractivity (Wildman–Crippen MR) is 204 cm³/mol. The molecule has 0 spiro atoms. The van der Waals surface area contributed by atoms with Crippen LogP contribution in [0.15, 0.2) is 0 Å². The Bertz CT molecular complexity index is 737. The summed E-state index contributed by atoms with van der Waals surface area (Å²) in [4.78, 5) is 24.3. The topological polar surface area (TPSA) is 108 Å². The normalized spacial score (nSPS) is 13.3. The third kappa shape index (κ3) is 35.5. The summed E-state index contributed by atoms with van der Waals surface area (Å²) in [6, 6.07) is 0. The standard InChI is InChI=1S/C41H80O10/c1-6-11-23-37(8-3)50-40(42)25-19-15-13-17-21-27-47-35-39(36-48-34-33-46-32-31-45-30-29-44-10-5)49-28-22-18-14-16-20-26-41(43)51-38(9-4)24-12-7-2/h37-39H,6-36H2,1-5H3. The Kier molecular flexibility index (Phi) is 38.9. The van der Waals surface area contributed by atoms with Gasteiger partial charge in [-0.05, 0) is 58.3 Å². The van der Waals surface area contributed by atoms with Gasteiger partial charge in [0.15, 0.2) is 0 Å². The molecule has 0 amide bonds. The van der Waals surface area contributed by atoms with Crippen molar-refractivity contribution >= 4 is 11.9 Å². The predicted octanol–water partition coefficient (Wildman–Crippen LogP) is 9.18. The fourth-order valence-electron chi connectivity index (χ4n) is 5.48. The minimum absolute atomic E-state index is 0.0522. The molecule has 0 saturated carbocycles. The van der Waals surface area contributed by atoms with Crippen molar-refractivity contribution in [2.24, 2.45) is 0 Å². The van der Waals surface area contributed by atoms with E-state index in [1.165, 1.54) is 0 Å². The molecule has 0 bridgehead atoms. The fraction of sp³-hybridized carbons (Fsp3) is 0.951. The Labute approximate surface area is 313 Å². The molecular weight excluding hydrogens is 652 g/mol. The van der Waals surface area contributed by atoms with Gasteiger partial charge in [-0.15, -0.1) is 0 Å². The molecule has 0 aromatic rings. The minimum atomic E-state index is -0.129. The molecule has 0 aliphatic carbocycles. The summed E-state index contributed by atoms with van der Waals surface area (Å²) < 4.78 is 45.6. The van der Waals surface area contributed by atoms with Crippen LogP contribution >= 0.6 is 0 Å². The summed E-state index contributed by atoms with van der Waals surface area (Å²) in [7, 11) is 0. The molecule has 0 saturated heterocycles. The van der Waals surface area contributed by atoms with Crippen molar-refractivity contribution in [3.8, 4) is 0 Å². The van der Waals surface area contributed by atoms with Crippen molar-refractivity contribution < 1.29 is 47.5 Å². The third-order valence-electron chi connectivity index (χ3n) is 8.74. The number of hydrogen-bond acceptors (Lipinski definition) is 10. The third-order valence-corrected chi connectivity index (χ3v) is 8.74. The van der Waals surface area contributed by atoms with Crippen molar-refractivity contribution in [1.29, 1.82) is 0 Å². The molecule has 304 valence electrons. The SMILES string of the molecule is CCCCC(CC)OC(=O)CCCCCCCOCC(COCCOCCOCCOCC)OCCCCCCCC(=O)OC(CC)CCCC. The lowest BCUT2D eigenvalue weighted by Crippen LogP contribution is -2.27. The van der Waals surface area contributed by atoms with E-state index in [0.29, 0.717) is 85.5 Å². The minimum Gasteiger partial charge on any atom is -0.462 e. The lowest BCUT2D eigenvalue weighted by Gasteiger charge is -2.18. The summed E-state index contributed by atoms with van der Waals surface area (Å²) in [6.45, 7) is 16.7. The van der Waals surface area contributed by atoms with Gasteiger partial charge < -0.3 is 37.9 Å². The van der Waals surface area contributed by atoms with Gasteiger partial charge >= 0.3 is 11.9 Å². The van der Waals surface area contributed by atoms with E-state index in [-0.39, 0.29) is 30.3 Å². The average molecular weight is 733 g/mol. The molecule has 0 fully saturated rings. The fourth-order valence-corrected chi connectivity index (χ4v) is 5.48. The highest BCUT2D eigenvalue weighted by atomic mass is 16.6. The monoisotopic (exact) mass is 733 g/mol. The first-order valence-electron chi connectivity index (χ1n) is 20.9. The maximum Gasteiger partial charge on any atom is 0.306 e. The van der Waals surface area contributed by atoms with Crippen LogP contribution < -0.4 is 0 Å². The number of hydrogen-bond donors (Lipinski definition) is 0. The van der Waals surface area contributed by atoms with Crippen LogP contribution in [0.3, 0.4) is 0 Å². The van der Waals surface area contributed by atoms with E-state index in [4.69, 9.17) is 37.9 Å². The van der Waals surface area contributed by atoms with Crippen LogP contribution in [0.2, 0.25) is 0 Å². The second-order valence-electron chi connectivity index (χ2n) is 13.4. The van der Waals surface area contributed by atoms with E-state index in [0.717, 1.165) is 116 Å². The van der Waals surface area contributed by atoms with Gasteiger partial charge in [-0.3, -0.25) is 9.59 Å². The Hall–Kier alpha value is -1.30. The highest BCUT2D eigenvalue weighted by molar-refractivity contribution is 5.69. The lowest BCUT2D eigenvalue weighted by molar-refractivity contribution is -0.150. The van der Waals surface area contributed by atoms with Crippen LogP contribution in [-0.4, -0.2) is 103 Å². The molecule has 0 radical (unpaired) electrons. The number of rotatable bonds is 41. The van der Waals surface area contributed by atoms with Crippen LogP contribution in [0.25, 0.3) is 0 Å². The molecule has 0 aliphatic heterocycles. The maximum atomic E-state index is 12.2. The maximum absolute atomic E-state index is 12.2. The van der Waals surface area contributed by atoms with E-state index in [9.17, 15) is 9.59 Å². The molecule has 10 nitrogen and oxygen atoms in total. The molecule has 0 heterocycles. The molecule has 0 aromatic heterocycles. The van der Waals surface area contributed by atoms with Gasteiger partial charge in [0, 0.05) is 32.7 Å². The van der Waals surface area contributed by atoms with Crippen LogP contribution in [0.4, 0.5) is 0 Å². The van der Waals surface area contributed by atoms with Crippen molar-refractivity contribution in [3.63, 3.8) is 0 Å². The van der Waals surface area contributed by atoms with Crippen LogP contribution in [-0.2, 0) is 47.5 Å². The van der Waals surface area contributed by atoms with E-state index >= 15 is 0 Å². The van der Waals surface area contributed by atoms with Gasteiger partial charge in [-0.1, -0.05) is 91.9 Å². The lowest BCUT2D eigenvalue weighted by atomic mass is 10.1. The zero-order chi connectivity index (χ0) is 37.5. The number of ether oxygens (including phenoxy) is 8. The van der Waals surface area contributed by atoms with Gasteiger partial charge in [0.1, 0.15) is 18.3 Å². The van der Waals surface area contributed by atoms with E-state index in [2.05, 4.69) is 27.7 Å². The van der Waals surface area contributed by atoms with Gasteiger partial charge in [-0.2, -0.15) is 0 Å². The van der Waals surface area contributed by atoms with Gasteiger partial charge in [0.05, 0.1) is 52.9 Å². The average Bonchev–Trinajstić information content (AvgIpc) is 3.13. The Balaban J connectivity index is 4.20. The first kappa shape index (κ1) is 49.7. The quantitative estimate of drug-likeness (QED) is 0.0446. The molecule has 0 aliphatic rings.